The number of nitrogens with two attached hydrogens (primary N) is 1. The molecule has 0 spiro atoms. The zero-order chi connectivity index (χ0) is 14.5. The van der Waals surface area contributed by atoms with Gasteiger partial charge in [-0.05, 0) is 26.2 Å². The summed E-state index contributed by atoms with van der Waals surface area (Å²) >= 11 is 0. The Balaban J connectivity index is 3.95. The van der Waals surface area contributed by atoms with Crippen LogP contribution < -0.4 is 5.73 Å². The summed E-state index contributed by atoms with van der Waals surface area (Å²) in [6, 6.07) is 0.0770. The maximum absolute atomic E-state index is 12.1. The highest BCUT2D eigenvalue weighted by atomic mass is 16.3. The summed E-state index contributed by atoms with van der Waals surface area (Å²) in [4.78, 5) is 14.0. The summed E-state index contributed by atoms with van der Waals surface area (Å²) in [6.07, 6.45) is 7.94. The summed E-state index contributed by atoms with van der Waals surface area (Å²) in [5.41, 5.74) is 5.69. The topological polar surface area (TPSA) is 66.6 Å². The lowest BCUT2D eigenvalue weighted by Gasteiger charge is -2.23. The van der Waals surface area contributed by atoms with E-state index >= 15 is 0 Å². The average molecular weight is 272 g/mol. The molecule has 0 radical (unpaired) electrons. The number of aliphatic hydroxyl groups excluding tert-OH is 1. The van der Waals surface area contributed by atoms with E-state index in [2.05, 4.69) is 6.92 Å². The molecule has 4 nitrogen and oxygen atoms in total. The van der Waals surface area contributed by atoms with Gasteiger partial charge in [0.2, 0.25) is 5.91 Å². The van der Waals surface area contributed by atoms with Crippen LogP contribution in [0.3, 0.4) is 0 Å². The standard InChI is InChI=1S/C15H32N2O2/c1-3-4-5-6-7-11-17(12-8-13-18)15(19)10-9-14(2)16/h14,18H,3-13,16H2,1-2H3. The zero-order valence-corrected chi connectivity index (χ0v) is 12.7. The number of unbranched alkanes of at least 4 members (excludes halogenated alkanes) is 4. The van der Waals surface area contributed by atoms with Crippen molar-refractivity contribution in [1.82, 2.24) is 4.90 Å². The van der Waals surface area contributed by atoms with E-state index in [0.29, 0.717) is 19.4 Å². The van der Waals surface area contributed by atoms with Crippen LogP contribution in [-0.2, 0) is 4.79 Å². The SMILES string of the molecule is CCCCCCCN(CCCO)C(=O)CCC(C)N. The lowest BCUT2D eigenvalue weighted by Crippen LogP contribution is -2.34. The molecule has 0 aromatic heterocycles. The molecule has 4 heteroatoms. The van der Waals surface area contributed by atoms with Gasteiger partial charge in [0.1, 0.15) is 0 Å². The van der Waals surface area contributed by atoms with Crippen molar-refractivity contribution < 1.29 is 9.90 Å². The summed E-state index contributed by atoms with van der Waals surface area (Å²) in [5, 5.41) is 8.90. The van der Waals surface area contributed by atoms with Crippen LogP contribution >= 0.6 is 0 Å². The molecular weight excluding hydrogens is 240 g/mol. The van der Waals surface area contributed by atoms with Gasteiger partial charge in [-0.3, -0.25) is 4.79 Å². The Kier molecular flexibility index (Phi) is 12.0. The summed E-state index contributed by atoms with van der Waals surface area (Å²) in [5.74, 6) is 0.182. The van der Waals surface area contributed by atoms with Crippen LogP contribution in [-0.4, -0.2) is 41.7 Å². The van der Waals surface area contributed by atoms with Gasteiger partial charge in [-0.25, -0.2) is 0 Å². The minimum absolute atomic E-state index is 0.0770. The molecular formula is C15H32N2O2. The molecule has 0 fully saturated rings. The van der Waals surface area contributed by atoms with E-state index in [1.165, 1.54) is 25.7 Å². The molecule has 1 amide bonds. The molecule has 114 valence electrons. The Labute approximate surface area is 118 Å². The maximum Gasteiger partial charge on any atom is 0.222 e. The predicted molar refractivity (Wildman–Crippen MR) is 79.9 cm³/mol. The normalized spacial score (nSPS) is 12.4. The van der Waals surface area contributed by atoms with Gasteiger partial charge in [0, 0.05) is 32.2 Å². The second kappa shape index (κ2) is 12.4. The van der Waals surface area contributed by atoms with Gasteiger partial charge in [-0.15, -0.1) is 0 Å². The zero-order valence-electron chi connectivity index (χ0n) is 12.7. The van der Waals surface area contributed by atoms with Gasteiger partial charge >= 0.3 is 0 Å². The monoisotopic (exact) mass is 272 g/mol. The Bertz CT molecular complexity index is 220. The fourth-order valence-electron chi connectivity index (χ4n) is 2.04. The fraction of sp³-hybridized carbons (Fsp3) is 0.933. The molecule has 0 saturated carbocycles. The third-order valence-electron chi connectivity index (χ3n) is 3.28. The number of amides is 1. The number of carbonyl (C=O) groups excluding carboxylic acids is 1. The van der Waals surface area contributed by atoms with Gasteiger partial charge in [0.05, 0.1) is 0 Å². The summed E-state index contributed by atoms with van der Waals surface area (Å²) in [6.45, 7) is 5.76. The first-order chi connectivity index (χ1) is 9.11. The van der Waals surface area contributed by atoms with Crippen molar-refractivity contribution in [1.29, 1.82) is 0 Å². The number of hydrogen-bond donors (Lipinski definition) is 2. The van der Waals surface area contributed by atoms with E-state index in [0.717, 1.165) is 19.4 Å². The molecule has 0 aliphatic carbocycles. The van der Waals surface area contributed by atoms with Gasteiger partial charge in [-0.1, -0.05) is 32.6 Å². The molecule has 0 heterocycles. The van der Waals surface area contributed by atoms with Crippen molar-refractivity contribution >= 4 is 5.91 Å². The van der Waals surface area contributed by atoms with E-state index in [9.17, 15) is 4.79 Å². The maximum atomic E-state index is 12.1. The first-order valence-corrected chi connectivity index (χ1v) is 7.76. The molecule has 0 aromatic carbocycles. The third kappa shape index (κ3) is 11.0. The van der Waals surface area contributed by atoms with Crippen LogP contribution in [0.15, 0.2) is 0 Å². The van der Waals surface area contributed by atoms with Crippen LogP contribution in [0.1, 0.15) is 65.2 Å². The van der Waals surface area contributed by atoms with Crippen molar-refractivity contribution in [2.75, 3.05) is 19.7 Å². The number of nitrogens with zero attached hydrogens (tertiary/aromatic N) is 1. The summed E-state index contributed by atoms with van der Waals surface area (Å²) in [7, 11) is 0. The van der Waals surface area contributed by atoms with E-state index in [1.54, 1.807) is 0 Å². The molecule has 1 unspecified atom stereocenters. The second-order valence-corrected chi connectivity index (χ2v) is 5.39. The first-order valence-electron chi connectivity index (χ1n) is 7.76. The lowest BCUT2D eigenvalue weighted by atomic mass is 10.1. The van der Waals surface area contributed by atoms with Crippen molar-refractivity contribution in [3.05, 3.63) is 0 Å². The molecule has 3 N–H and O–H groups in total. The Morgan fingerprint density at radius 3 is 2.37 bits per heavy atom. The van der Waals surface area contributed by atoms with E-state index in [4.69, 9.17) is 10.8 Å². The molecule has 0 aliphatic rings. The highest BCUT2D eigenvalue weighted by Crippen LogP contribution is 2.07. The van der Waals surface area contributed by atoms with Crippen molar-refractivity contribution in [2.45, 2.75) is 71.3 Å². The summed E-state index contributed by atoms with van der Waals surface area (Å²) < 4.78 is 0. The van der Waals surface area contributed by atoms with Crippen LogP contribution in [0, 0.1) is 0 Å². The Morgan fingerprint density at radius 1 is 1.16 bits per heavy atom. The van der Waals surface area contributed by atoms with Gasteiger partial charge in [0.25, 0.3) is 0 Å². The van der Waals surface area contributed by atoms with Gasteiger partial charge in [0.15, 0.2) is 0 Å². The van der Waals surface area contributed by atoms with Gasteiger partial charge in [-0.2, -0.15) is 0 Å². The molecule has 0 rings (SSSR count). The lowest BCUT2D eigenvalue weighted by molar-refractivity contribution is -0.131. The highest BCUT2D eigenvalue weighted by molar-refractivity contribution is 5.76. The first kappa shape index (κ1) is 18.4. The molecule has 1 atom stereocenters. The Morgan fingerprint density at radius 2 is 1.79 bits per heavy atom. The Hall–Kier alpha value is -0.610. The smallest absolute Gasteiger partial charge is 0.222 e. The molecule has 0 bridgehead atoms. The largest absolute Gasteiger partial charge is 0.396 e. The van der Waals surface area contributed by atoms with Crippen molar-refractivity contribution in [2.24, 2.45) is 5.73 Å². The molecule has 0 aromatic rings. The number of rotatable bonds is 12. The van der Waals surface area contributed by atoms with Crippen LogP contribution in [0.25, 0.3) is 0 Å². The van der Waals surface area contributed by atoms with Crippen molar-refractivity contribution in [3.8, 4) is 0 Å². The van der Waals surface area contributed by atoms with E-state index in [1.807, 2.05) is 11.8 Å². The number of carbonyl (C=O) groups is 1. The molecule has 0 aliphatic heterocycles. The quantitative estimate of drug-likeness (QED) is 0.536. The van der Waals surface area contributed by atoms with Crippen molar-refractivity contribution in [3.63, 3.8) is 0 Å². The molecule has 0 saturated heterocycles. The minimum atomic E-state index is 0.0770. The number of hydrogen-bond acceptors (Lipinski definition) is 3. The van der Waals surface area contributed by atoms with Crippen LogP contribution in [0.2, 0.25) is 0 Å². The predicted octanol–water partition coefficient (Wildman–Crippen LogP) is 2.30. The highest BCUT2D eigenvalue weighted by Gasteiger charge is 2.13. The fourth-order valence-corrected chi connectivity index (χ4v) is 2.04. The average Bonchev–Trinajstić information content (AvgIpc) is 2.39. The van der Waals surface area contributed by atoms with E-state index in [-0.39, 0.29) is 18.6 Å². The minimum Gasteiger partial charge on any atom is -0.396 e. The number of aliphatic hydroxyl groups is 1. The van der Waals surface area contributed by atoms with Crippen LogP contribution in [0.5, 0.6) is 0 Å². The third-order valence-corrected chi connectivity index (χ3v) is 3.28. The molecule has 19 heavy (non-hydrogen) atoms. The van der Waals surface area contributed by atoms with E-state index < -0.39 is 0 Å². The second-order valence-electron chi connectivity index (χ2n) is 5.39. The van der Waals surface area contributed by atoms with Gasteiger partial charge < -0.3 is 15.7 Å². The van der Waals surface area contributed by atoms with Crippen LogP contribution in [0.4, 0.5) is 0 Å².